The Morgan fingerprint density at radius 1 is 1.29 bits per heavy atom. The van der Waals surface area contributed by atoms with E-state index in [4.69, 9.17) is 4.74 Å². The molecule has 1 aromatic rings. The van der Waals surface area contributed by atoms with Crippen LogP contribution < -0.4 is 5.32 Å². The number of hydrogen-bond acceptors (Lipinski definition) is 4. The number of hydrogen-bond donors (Lipinski definition) is 1. The van der Waals surface area contributed by atoms with E-state index in [0.29, 0.717) is 12.4 Å². The van der Waals surface area contributed by atoms with Crippen molar-refractivity contribution in [3.05, 3.63) is 29.8 Å². The lowest BCUT2D eigenvalue weighted by molar-refractivity contribution is -0.128. The molecule has 24 heavy (non-hydrogen) atoms. The second-order valence-corrected chi connectivity index (χ2v) is 6.94. The van der Waals surface area contributed by atoms with E-state index < -0.39 is 0 Å². The molecule has 1 aliphatic heterocycles. The van der Waals surface area contributed by atoms with Crippen LogP contribution in [0.4, 0.5) is 5.69 Å². The van der Waals surface area contributed by atoms with Crippen LogP contribution in [0.1, 0.15) is 44.0 Å². The van der Waals surface area contributed by atoms with E-state index in [0.717, 1.165) is 43.7 Å². The molecule has 1 heterocycles. The van der Waals surface area contributed by atoms with E-state index in [9.17, 15) is 9.59 Å². The van der Waals surface area contributed by atoms with Gasteiger partial charge < -0.3 is 15.0 Å². The third kappa shape index (κ3) is 5.53. The number of benzene rings is 1. The monoisotopic (exact) mass is 350 g/mol. The van der Waals surface area contributed by atoms with Crippen LogP contribution in [0.2, 0.25) is 0 Å². The molecule has 1 N–H and O–H groups in total. The van der Waals surface area contributed by atoms with Gasteiger partial charge in [0.15, 0.2) is 0 Å². The number of unbranched alkanes of at least 4 members (excludes halogenated alkanes) is 1. The van der Waals surface area contributed by atoms with Gasteiger partial charge in [-0.2, -0.15) is 0 Å². The first kappa shape index (κ1) is 18.8. The van der Waals surface area contributed by atoms with Crippen LogP contribution in [0.25, 0.3) is 0 Å². The van der Waals surface area contributed by atoms with E-state index in [2.05, 4.69) is 12.2 Å². The van der Waals surface area contributed by atoms with Crippen molar-refractivity contribution in [2.24, 2.45) is 0 Å². The topological polar surface area (TPSA) is 58.6 Å². The summed E-state index contributed by atoms with van der Waals surface area (Å²) in [7, 11) is 0. The molecule has 1 aliphatic rings. The Morgan fingerprint density at radius 3 is 2.67 bits per heavy atom. The molecular weight excluding hydrogens is 324 g/mol. The van der Waals surface area contributed by atoms with Gasteiger partial charge >= 0.3 is 0 Å². The van der Waals surface area contributed by atoms with E-state index >= 15 is 0 Å². The minimum absolute atomic E-state index is 0.0551. The third-order valence-electron chi connectivity index (χ3n) is 3.81. The van der Waals surface area contributed by atoms with Crippen LogP contribution in [-0.4, -0.2) is 42.2 Å². The first-order chi connectivity index (χ1) is 11.6. The van der Waals surface area contributed by atoms with E-state index in [1.807, 2.05) is 29.2 Å². The summed E-state index contributed by atoms with van der Waals surface area (Å²) in [6.07, 6.45) is 3.08. The molecule has 1 aromatic carbocycles. The van der Waals surface area contributed by atoms with Crippen molar-refractivity contribution < 1.29 is 14.3 Å². The number of nitrogens with zero attached hydrogens (tertiary/aromatic N) is 1. The zero-order chi connectivity index (χ0) is 17.4. The summed E-state index contributed by atoms with van der Waals surface area (Å²) in [6, 6.07) is 7.72. The summed E-state index contributed by atoms with van der Waals surface area (Å²) in [6.45, 7) is 5.85. The molecule has 1 unspecified atom stereocenters. The first-order valence-corrected chi connectivity index (χ1v) is 9.53. The Bertz CT molecular complexity index is 548. The van der Waals surface area contributed by atoms with Gasteiger partial charge in [0.2, 0.25) is 11.8 Å². The molecule has 0 aliphatic carbocycles. The summed E-state index contributed by atoms with van der Waals surface area (Å²) in [5.41, 5.74) is 1.86. The molecule has 0 radical (unpaired) electrons. The van der Waals surface area contributed by atoms with Gasteiger partial charge in [0, 0.05) is 32.4 Å². The highest BCUT2D eigenvalue weighted by atomic mass is 32.2. The smallest absolute Gasteiger partial charge is 0.233 e. The van der Waals surface area contributed by atoms with Crippen molar-refractivity contribution in [3.8, 4) is 0 Å². The van der Waals surface area contributed by atoms with Crippen LogP contribution in [0.3, 0.4) is 0 Å². The molecular formula is C18H26N2O3S. The summed E-state index contributed by atoms with van der Waals surface area (Å²) < 4.78 is 5.58. The second kappa shape index (κ2) is 9.69. The molecule has 0 saturated carbocycles. The molecule has 1 atom stereocenters. The Hall–Kier alpha value is -1.53. The molecule has 1 saturated heterocycles. The maximum atomic E-state index is 12.1. The normalized spacial score (nSPS) is 17.3. The SMILES string of the molecule is CCCCOCCCN1C(=O)CSC1c1ccc(NC(C)=O)cc1. The Morgan fingerprint density at radius 2 is 2.00 bits per heavy atom. The molecule has 0 spiro atoms. The number of rotatable bonds is 9. The zero-order valence-corrected chi connectivity index (χ0v) is 15.2. The number of nitrogens with one attached hydrogen (secondary N) is 1. The fourth-order valence-electron chi connectivity index (χ4n) is 2.59. The molecule has 0 bridgehead atoms. The second-order valence-electron chi connectivity index (χ2n) is 5.87. The van der Waals surface area contributed by atoms with Crippen molar-refractivity contribution in [1.82, 2.24) is 4.90 Å². The van der Waals surface area contributed by atoms with E-state index in [1.54, 1.807) is 11.8 Å². The number of thioether (sulfide) groups is 1. The third-order valence-corrected chi connectivity index (χ3v) is 5.07. The van der Waals surface area contributed by atoms with Crippen LogP contribution in [0, 0.1) is 0 Å². The van der Waals surface area contributed by atoms with Gasteiger partial charge in [-0.05, 0) is 30.5 Å². The molecule has 6 heteroatoms. The first-order valence-electron chi connectivity index (χ1n) is 8.48. The van der Waals surface area contributed by atoms with Crippen LogP contribution >= 0.6 is 11.8 Å². The highest BCUT2D eigenvalue weighted by Gasteiger charge is 2.32. The van der Waals surface area contributed by atoms with E-state index in [-0.39, 0.29) is 17.2 Å². The number of carbonyl (C=O) groups excluding carboxylic acids is 2. The average Bonchev–Trinajstić information content (AvgIpc) is 2.92. The molecule has 132 valence electrons. The van der Waals surface area contributed by atoms with Crippen molar-refractivity contribution in [2.45, 2.75) is 38.5 Å². The molecule has 1 fully saturated rings. The van der Waals surface area contributed by atoms with Crippen molar-refractivity contribution in [1.29, 1.82) is 0 Å². The van der Waals surface area contributed by atoms with Crippen LogP contribution in [0.15, 0.2) is 24.3 Å². The number of ether oxygens (including phenoxy) is 1. The molecule has 5 nitrogen and oxygen atoms in total. The standard InChI is InChI=1S/C18H26N2O3S/c1-3-4-11-23-12-5-10-20-17(22)13-24-18(20)15-6-8-16(9-7-15)19-14(2)21/h6-9,18H,3-5,10-13H2,1-2H3,(H,19,21). The van der Waals surface area contributed by atoms with Gasteiger partial charge in [-0.1, -0.05) is 25.5 Å². The maximum absolute atomic E-state index is 12.1. The molecule has 2 amide bonds. The van der Waals surface area contributed by atoms with Crippen LogP contribution in [-0.2, 0) is 14.3 Å². The fourth-order valence-corrected chi connectivity index (χ4v) is 3.81. The van der Waals surface area contributed by atoms with Gasteiger partial charge in [0.25, 0.3) is 0 Å². The summed E-state index contributed by atoms with van der Waals surface area (Å²) >= 11 is 1.65. The lowest BCUT2D eigenvalue weighted by Gasteiger charge is -2.24. The lowest BCUT2D eigenvalue weighted by atomic mass is 10.2. The predicted octanol–water partition coefficient (Wildman–Crippen LogP) is 3.43. The minimum atomic E-state index is -0.0853. The molecule has 2 rings (SSSR count). The highest BCUT2D eigenvalue weighted by molar-refractivity contribution is 8.00. The maximum Gasteiger partial charge on any atom is 0.233 e. The van der Waals surface area contributed by atoms with Crippen molar-refractivity contribution in [3.63, 3.8) is 0 Å². The quantitative estimate of drug-likeness (QED) is 0.693. The number of amides is 2. The average molecular weight is 350 g/mol. The number of anilines is 1. The highest BCUT2D eigenvalue weighted by Crippen LogP contribution is 2.38. The van der Waals surface area contributed by atoms with Gasteiger partial charge in [-0.25, -0.2) is 0 Å². The van der Waals surface area contributed by atoms with E-state index in [1.165, 1.54) is 6.92 Å². The Labute approximate surface area is 148 Å². The Kier molecular flexibility index (Phi) is 7.59. The summed E-state index contributed by atoms with van der Waals surface area (Å²) in [4.78, 5) is 25.2. The van der Waals surface area contributed by atoms with Crippen molar-refractivity contribution >= 4 is 29.3 Å². The lowest BCUT2D eigenvalue weighted by Crippen LogP contribution is -2.29. The number of carbonyl (C=O) groups is 2. The largest absolute Gasteiger partial charge is 0.381 e. The predicted molar refractivity (Wildman–Crippen MR) is 98.0 cm³/mol. The fraction of sp³-hybridized carbons (Fsp3) is 0.556. The minimum Gasteiger partial charge on any atom is -0.381 e. The summed E-state index contributed by atoms with van der Waals surface area (Å²) in [5, 5.41) is 2.81. The van der Waals surface area contributed by atoms with Gasteiger partial charge in [0.05, 0.1) is 5.75 Å². The van der Waals surface area contributed by atoms with Gasteiger partial charge in [-0.15, -0.1) is 11.8 Å². The van der Waals surface area contributed by atoms with Gasteiger partial charge in [-0.3, -0.25) is 9.59 Å². The van der Waals surface area contributed by atoms with Crippen molar-refractivity contribution in [2.75, 3.05) is 30.8 Å². The Balaban J connectivity index is 1.88. The van der Waals surface area contributed by atoms with Gasteiger partial charge in [0.1, 0.15) is 5.37 Å². The zero-order valence-electron chi connectivity index (χ0n) is 14.4. The summed E-state index contributed by atoms with van der Waals surface area (Å²) in [5.74, 6) is 0.622. The molecule has 0 aromatic heterocycles. The van der Waals surface area contributed by atoms with Crippen LogP contribution in [0.5, 0.6) is 0 Å².